The Bertz CT molecular complexity index is 281. The Morgan fingerprint density at radius 3 is 2.44 bits per heavy atom. The zero-order chi connectivity index (χ0) is 11.8. The molecular formula is C14H21BO. The largest absolute Gasteiger partial charge is 0.493 e. The van der Waals surface area contributed by atoms with Gasteiger partial charge in [0, 0.05) is 0 Å². The van der Waals surface area contributed by atoms with Crippen molar-refractivity contribution in [2.45, 2.75) is 39.5 Å². The highest BCUT2D eigenvalue weighted by Gasteiger charge is 2.06. The number of hydrogen-bond donors (Lipinski definition) is 0. The summed E-state index contributed by atoms with van der Waals surface area (Å²) in [5.74, 6) is 1.60. The second kappa shape index (κ2) is 7.37. The first-order valence-corrected chi connectivity index (χ1v) is 6.24. The second-order valence-electron chi connectivity index (χ2n) is 4.30. The fourth-order valence-corrected chi connectivity index (χ4v) is 1.68. The predicted molar refractivity (Wildman–Crippen MR) is 70.6 cm³/mol. The maximum absolute atomic E-state index is 5.76. The van der Waals surface area contributed by atoms with E-state index >= 15 is 0 Å². The Hall–Kier alpha value is -0.915. The molecule has 16 heavy (non-hydrogen) atoms. The van der Waals surface area contributed by atoms with Crippen LogP contribution >= 0.6 is 0 Å². The molecule has 0 N–H and O–H groups in total. The van der Waals surface area contributed by atoms with Gasteiger partial charge in [-0.2, -0.15) is 0 Å². The third-order valence-corrected chi connectivity index (χ3v) is 2.91. The van der Waals surface area contributed by atoms with E-state index in [2.05, 4.69) is 13.8 Å². The van der Waals surface area contributed by atoms with Gasteiger partial charge in [-0.05, 0) is 24.5 Å². The van der Waals surface area contributed by atoms with E-state index in [9.17, 15) is 0 Å². The normalized spacial score (nSPS) is 12.4. The number of hydrogen-bond acceptors (Lipinski definition) is 1. The van der Waals surface area contributed by atoms with Crippen molar-refractivity contribution >= 4 is 13.3 Å². The Morgan fingerprint density at radius 2 is 1.88 bits per heavy atom. The minimum Gasteiger partial charge on any atom is -0.493 e. The van der Waals surface area contributed by atoms with Gasteiger partial charge in [0.2, 0.25) is 0 Å². The van der Waals surface area contributed by atoms with E-state index in [1.165, 1.54) is 25.7 Å². The number of benzene rings is 1. The molecule has 1 aromatic rings. The maximum atomic E-state index is 5.76. The van der Waals surface area contributed by atoms with Crippen LogP contribution in [0.5, 0.6) is 5.75 Å². The molecule has 0 aliphatic heterocycles. The highest BCUT2D eigenvalue weighted by Crippen LogP contribution is 2.15. The molecule has 2 radical (unpaired) electrons. The molecule has 0 aliphatic carbocycles. The van der Waals surface area contributed by atoms with E-state index < -0.39 is 0 Å². The van der Waals surface area contributed by atoms with Crippen LogP contribution < -0.4 is 10.2 Å². The molecule has 0 heterocycles. The first kappa shape index (κ1) is 13.2. The number of unbranched alkanes of at least 4 members (excludes halogenated alkanes) is 1. The maximum Gasteiger partial charge on any atom is 0.119 e. The zero-order valence-corrected chi connectivity index (χ0v) is 10.4. The molecule has 1 unspecified atom stereocenters. The summed E-state index contributed by atoms with van der Waals surface area (Å²) in [4.78, 5) is 0. The monoisotopic (exact) mass is 216 g/mol. The highest BCUT2D eigenvalue weighted by atomic mass is 16.5. The molecule has 0 saturated carbocycles. The van der Waals surface area contributed by atoms with Crippen molar-refractivity contribution in [2.75, 3.05) is 6.61 Å². The van der Waals surface area contributed by atoms with Gasteiger partial charge in [0.1, 0.15) is 13.6 Å². The molecule has 2 heteroatoms. The molecule has 1 atom stereocenters. The fraction of sp³-hybridized carbons (Fsp3) is 0.571. The standard InChI is InChI=1S/C14H21BO/c1-3-5-6-12(4-2)11-16-14-9-7-13(15)8-10-14/h7-10,12H,3-6,11H2,1-2H3. The van der Waals surface area contributed by atoms with Crippen LogP contribution in [0, 0.1) is 5.92 Å². The molecule has 86 valence electrons. The summed E-state index contributed by atoms with van der Waals surface area (Å²) in [5, 5.41) is 0. The van der Waals surface area contributed by atoms with Crippen molar-refractivity contribution in [1.82, 2.24) is 0 Å². The van der Waals surface area contributed by atoms with Crippen LogP contribution in [0.4, 0.5) is 0 Å². The summed E-state index contributed by atoms with van der Waals surface area (Å²) in [6.45, 7) is 5.28. The fourth-order valence-electron chi connectivity index (χ4n) is 1.68. The molecule has 1 nitrogen and oxygen atoms in total. The van der Waals surface area contributed by atoms with Crippen LogP contribution in [0.15, 0.2) is 24.3 Å². The molecular weight excluding hydrogens is 195 g/mol. The predicted octanol–water partition coefficient (Wildman–Crippen LogP) is 3.08. The summed E-state index contributed by atoms with van der Waals surface area (Å²) in [6, 6.07) is 7.62. The van der Waals surface area contributed by atoms with E-state index in [-0.39, 0.29) is 0 Å². The van der Waals surface area contributed by atoms with E-state index in [1.807, 2.05) is 24.3 Å². The van der Waals surface area contributed by atoms with Crippen molar-refractivity contribution in [1.29, 1.82) is 0 Å². The molecule has 1 rings (SSSR count). The van der Waals surface area contributed by atoms with Crippen LogP contribution in [0.25, 0.3) is 0 Å². The lowest BCUT2D eigenvalue weighted by molar-refractivity contribution is 0.233. The molecule has 0 spiro atoms. The van der Waals surface area contributed by atoms with Crippen molar-refractivity contribution < 1.29 is 4.74 Å². The van der Waals surface area contributed by atoms with Crippen LogP contribution in [0.1, 0.15) is 39.5 Å². The summed E-state index contributed by atoms with van der Waals surface area (Å²) >= 11 is 0. The van der Waals surface area contributed by atoms with Gasteiger partial charge in [-0.25, -0.2) is 0 Å². The Balaban J connectivity index is 2.34. The minimum atomic E-state index is 0.678. The second-order valence-corrected chi connectivity index (χ2v) is 4.30. The Kier molecular flexibility index (Phi) is 6.06. The molecule has 1 aromatic carbocycles. The van der Waals surface area contributed by atoms with Crippen molar-refractivity contribution in [2.24, 2.45) is 5.92 Å². The lowest BCUT2D eigenvalue weighted by Gasteiger charge is -2.15. The third kappa shape index (κ3) is 4.74. The van der Waals surface area contributed by atoms with E-state index in [1.54, 1.807) is 0 Å². The van der Waals surface area contributed by atoms with Crippen LogP contribution in [-0.4, -0.2) is 14.5 Å². The van der Waals surface area contributed by atoms with E-state index in [4.69, 9.17) is 12.6 Å². The summed E-state index contributed by atoms with van der Waals surface area (Å²) < 4.78 is 5.76. The quantitative estimate of drug-likeness (QED) is 0.636. The molecule has 0 aromatic heterocycles. The number of rotatable bonds is 7. The molecule has 0 aliphatic rings. The first-order chi connectivity index (χ1) is 7.76. The van der Waals surface area contributed by atoms with Gasteiger partial charge in [0.25, 0.3) is 0 Å². The third-order valence-electron chi connectivity index (χ3n) is 2.91. The average molecular weight is 216 g/mol. The van der Waals surface area contributed by atoms with Crippen molar-refractivity contribution in [3.63, 3.8) is 0 Å². The Morgan fingerprint density at radius 1 is 1.19 bits per heavy atom. The van der Waals surface area contributed by atoms with Crippen LogP contribution in [-0.2, 0) is 0 Å². The first-order valence-electron chi connectivity index (χ1n) is 6.24. The van der Waals surface area contributed by atoms with E-state index in [0.29, 0.717) is 5.92 Å². The zero-order valence-electron chi connectivity index (χ0n) is 10.4. The number of ether oxygens (including phenoxy) is 1. The molecule has 0 bridgehead atoms. The lowest BCUT2D eigenvalue weighted by Crippen LogP contribution is -2.11. The summed E-state index contributed by atoms with van der Waals surface area (Å²) in [5.41, 5.74) is 0.783. The van der Waals surface area contributed by atoms with E-state index in [0.717, 1.165) is 17.8 Å². The van der Waals surface area contributed by atoms with Gasteiger partial charge in [0.05, 0.1) is 6.61 Å². The minimum absolute atomic E-state index is 0.678. The topological polar surface area (TPSA) is 9.23 Å². The lowest BCUT2D eigenvalue weighted by atomic mass is 9.97. The van der Waals surface area contributed by atoms with Gasteiger partial charge in [-0.3, -0.25) is 0 Å². The summed E-state index contributed by atoms with van der Waals surface area (Å²) in [6.07, 6.45) is 5.01. The van der Waals surface area contributed by atoms with Crippen molar-refractivity contribution in [3.05, 3.63) is 24.3 Å². The van der Waals surface area contributed by atoms with Gasteiger partial charge in [0.15, 0.2) is 0 Å². The van der Waals surface area contributed by atoms with Gasteiger partial charge in [-0.15, -0.1) is 0 Å². The van der Waals surface area contributed by atoms with Crippen molar-refractivity contribution in [3.8, 4) is 5.75 Å². The highest BCUT2D eigenvalue weighted by molar-refractivity contribution is 6.32. The van der Waals surface area contributed by atoms with Gasteiger partial charge >= 0.3 is 0 Å². The summed E-state index contributed by atoms with van der Waals surface area (Å²) in [7, 11) is 5.62. The van der Waals surface area contributed by atoms with Gasteiger partial charge < -0.3 is 4.74 Å². The average Bonchev–Trinajstić information content (AvgIpc) is 2.32. The molecule has 0 amide bonds. The molecule has 0 saturated heterocycles. The Labute approximate surface area is 101 Å². The van der Waals surface area contributed by atoms with Gasteiger partial charge in [-0.1, -0.05) is 50.7 Å². The van der Waals surface area contributed by atoms with Crippen LogP contribution in [0.3, 0.4) is 0 Å². The molecule has 0 fully saturated rings. The van der Waals surface area contributed by atoms with Crippen LogP contribution in [0.2, 0.25) is 0 Å². The smallest absolute Gasteiger partial charge is 0.119 e. The SMILES string of the molecule is [B]c1ccc(OCC(CC)CCCC)cc1.